The van der Waals surface area contributed by atoms with Crippen LogP contribution in [0.15, 0.2) is 54.6 Å². The van der Waals surface area contributed by atoms with Gasteiger partial charge in [0.2, 0.25) is 0 Å². The van der Waals surface area contributed by atoms with Gasteiger partial charge in [-0.3, -0.25) is 4.90 Å². The number of para-hydroxylation sites is 1. The Morgan fingerprint density at radius 2 is 1.69 bits per heavy atom. The van der Waals surface area contributed by atoms with Gasteiger partial charge in [-0.2, -0.15) is 0 Å². The molecule has 0 N–H and O–H groups in total. The molecule has 0 radical (unpaired) electrons. The number of ether oxygens (including phenoxy) is 2. The van der Waals surface area contributed by atoms with E-state index in [1.807, 2.05) is 74.2 Å². The third-order valence-corrected chi connectivity index (χ3v) is 6.11. The van der Waals surface area contributed by atoms with Crippen LogP contribution in [0.1, 0.15) is 50.7 Å². The summed E-state index contributed by atoms with van der Waals surface area (Å²) in [6.45, 7) is 7.83. The number of amides is 2. The molecule has 0 bridgehead atoms. The van der Waals surface area contributed by atoms with E-state index in [-0.39, 0.29) is 30.6 Å². The zero-order valence-electron chi connectivity index (χ0n) is 19.1. The number of benzene rings is 2. The van der Waals surface area contributed by atoms with Crippen molar-refractivity contribution in [1.82, 2.24) is 4.90 Å². The highest BCUT2D eigenvalue weighted by Crippen LogP contribution is 2.43. The maximum Gasteiger partial charge on any atom is 0.414 e. The number of hydrogen-bond donors (Lipinski definition) is 0. The monoisotopic (exact) mass is 436 g/mol. The molecule has 2 aromatic carbocycles. The molecule has 0 unspecified atom stereocenters. The number of piperidine rings is 1. The number of hydrogen-bond acceptors (Lipinski definition) is 4. The van der Waals surface area contributed by atoms with E-state index < -0.39 is 5.60 Å². The SMILES string of the molecule is CC(C)(C)OC(=O)N1CCC[C@@H]([C@H]2CN(C(=O)OCc3ccccc3)c3ccccc32)C1. The molecule has 2 aliphatic heterocycles. The van der Waals surface area contributed by atoms with Crippen LogP contribution >= 0.6 is 0 Å². The number of anilines is 1. The van der Waals surface area contributed by atoms with E-state index in [1.54, 1.807) is 4.90 Å². The van der Waals surface area contributed by atoms with Crippen LogP contribution in [0, 0.1) is 5.92 Å². The fourth-order valence-electron chi connectivity index (χ4n) is 4.64. The van der Waals surface area contributed by atoms with Gasteiger partial charge in [-0.1, -0.05) is 48.5 Å². The van der Waals surface area contributed by atoms with Crippen molar-refractivity contribution in [3.63, 3.8) is 0 Å². The van der Waals surface area contributed by atoms with E-state index in [4.69, 9.17) is 9.47 Å². The van der Waals surface area contributed by atoms with Gasteiger partial charge < -0.3 is 14.4 Å². The molecule has 2 amide bonds. The molecule has 6 heteroatoms. The van der Waals surface area contributed by atoms with Crippen LogP contribution in [0.3, 0.4) is 0 Å². The Bertz CT molecular complexity index is 954. The summed E-state index contributed by atoms with van der Waals surface area (Å²) >= 11 is 0. The van der Waals surface area contributed by atoms with Gasteiger partial charge in [0.05, 0.1) is 5.69 Å². The number of nitrogens with zero attached hydrogens (tertiary/aromatic N) is 2. The molecule has 2 atom stereocenters. The Morgan fingerprint density at radius 1 is 0.969 bits per heavy atom. The molecular formula is C26H32N2O4. The first-order valence-electron chi connectivity index (χ1n) is 11.4. The van der Waals surface area contributed by atoms with Crippen LogP contribution in [0.5, 0.6) is 0 Å². The third-order valence-electron chi connectivity index (χ3n) is 6.11. The minimum atomic E-state index is -0.511. The fraction of sp³-hybridized carbons (Fsp3) is 0.462. The van der Waals surface area contributed by atoms with E-state index in [0.29, 0.717) is 19.6 Å². The number of carbonyl (C=O) groups is 2. The summed E-state index contributed by atoms with van der Waals surface area (Å²) in [6, 6.07) is 17.7. The van der Waals surface area contributed by atoms with Gasteiger partial charge >= 0.3 is 12.2 Å². The van der Waals surface area contributed by atoms with Gasteiger partial charge in [0.15, 0.2) is 0 Å². The lowest BCUT2D eigenvalue weighted by atomic mass is 9.82. The molecule has 1 fully saturated rings. The summed E-state index contributed by atoms with van der Waals surface area (Å²) in [7, 11) is 0. The summed E-state index contributed by atoms with van der Waals surface area (Å²) in [6.07, 6.45) is 1.36. The molecular weight excluding hydrogens is 404 g/mol. The zero-order valence-corrected chi connectivity index (χ0v) is 19.1. The Hall–Kier alpha value is -3.02. The topological polar surface area (TPSA) is 59.1 Å². The molecule has 32 heavy (non-hydrogen) atoms. The number of likely N-dealkylation sites (tertiary alicyclic amines) is 1. The summed E-state index contributed by atoms with van der Waals surface area (Å²) in [5, 5.41) is 0. The van der Waals surface area contributed by atoms with Crippen molar-refractivity contribution in [1.29, 1.82) is 0 Å². The van der Waals surface area contributed by atoms with Crippen molar-refractivity contribution in [2.24, 2.45) is 5.92 Å². The average molecular weight is 437 g/mol. The highest BCUT2D eigenvalue weighted by atomic mass is 16.6. The normalized spacial score (nSPS) is 20.6. The van der Waals surface area contributed by atoms with Crippen LogP contribution < -0.4 is 4.90 Å². The minimum Gasteiger partial charge on any atom is -0.444 e. The van der Waals surface area contributed by atoms with Gasteiger partial charge in [0, 0.05) is 25.6 Å². The molecule has 0 aliphatic carbocycles. The number of carbonyl (C=O) groups excluding carboxylic acids is 2. The summed E-state index contributed by atoms with van der Waals surface area (Å²) in [4.78, 5) is 29.2. The van der Waals surface area contributed by atoms with Crippen molar-refractivity contribution in [2.45, 2.75) is 51.7 Å². The molecule has 0 aromatic heterocycles. The summed E-state index contributed by atoms with van der Waals surface area (Å²) < 4.78 is 11.2. The Labute approximate surface area is 190 Å². The van der Waals surface area contributed by atoms with Crippen LogP contribution in [0.4, 0.5) is 15.3 Å². The molecule has 0 saturated carbocycles. The Morgan fingerprint density at radius 3 is 2.44 bits per heavy atom. The van der Waals surface area contributed by atoms with Gasteiger partial charge in [0.1, 0.15) is 12.2 Å². The van der Waals surface area contributed by atoms with E-state index >= 15 is 0 Å². The first-order chi connectivity index (χ1) is 15.3. The second kappa shape index (κ2) is 9.23. The van der Waals surface area contributed by atoms with Crippen molar-refractivity contribution in [3.05, 3.63) is 65.7 Å². The maximum atomic E-state index is 13.0. The lowest BCUT2D eigenvalue weighted by Crippen LogP contribution is -2.44. The first-order valence-corrected chi connectivity index (χ1v) is 11.4. The smallest absolute Gasteiger partial charge is 0.414 e. The van der Waals surface area contributed by atoms with Crippen LogP contribution in [0.25, 0.3) is 0 Å². The van der Waals surface area contributed by atoms with E-state index in [1.165, 1.54) is 0 Å². The summed E-state index contributed by atoms with van der Waals surface area (Å²) in [5.74, 6) is 0.435. The summed E-state index contributed by atoms with van der Waals surface area (Å²) in [5.41, 5.74) is 2.51. The first kappa shape index (κ1) is 22.2. The van der Waals surface area contributed by atoms with Crippen molar-refractivity contribution in [2.75, 3.05) is 24.5 Å². The number of fused-ring (bicyclic) bond motifs is 1. The molecule has 170 valence electrons. The molecule has 6 nitrogen and oxygen atoms in total. The van der Waals surface area contributed by atoms with Crippen molar-refractivity contribution < 1.29 is 19.1 Å². The minimum absolute atomic E-state index is 0.167. The quantitative estimate of drug-likeness (QED) is 0.631. The van der Waals surface area contributed by atoms with Crippen LogP contribution in [-0.2, 0) is 16.1 Å². The molecule has 2 aromatic rings. The van der Waals surface area contributed by atoms with Crippen LogP contribution in [-0.4, -0.2) is 42.3 Å². The van der Waals surface area contributed by atoms with Gasteiger partial charge in [-0.15, -0.1) is 0 Å². The molecule has 2 aliphatic rings. The fourth-order valence-corrected chi connectivity index (χ4v) is 4.64. The van der Waals surface area contributed by atoms with Crippen LogP contribution in [0.2, 0.25) is 0 Å². The lowest BCUT2D eigenvalue weighted by molar-refractivity contribution is 0.0153. The highest BCUT2D eigenvalue weighted by molar-refractivity contribution is 5.91. The second-order valence-electron chi connectivity index (χ2n) is 9.64. The van der Waals surface area contributed by atoms with Gasteiger partial charge in [-0.25, -0.2) is 9.59 Å². The predicted molar refractivity (Wildman–Crippen MR) is 124 cm³/mol. The molecule has 2 heterocycles. The Kier molecular flexibility index (Phi) is 6.40. The molecule has 1 saturated heterocycles. The zero-order chi connectivity index (χ0) is 22.7. The average Bonchev–Trinajstić information content (AvgIpc) is 3.17. The van der Waals surface area contributed by atoms with Crippen molar-refractivity contribution in [3.8, 4) is 0 Å². The van der Waals surface area contributed by atoms with E-state index in [0.717, 1.165) is 29.7 Å². The van der Waals surface area contributed by atoms with E-state index in [2.05, 4.69) is 6.07 Å². The van der Waals surface area contributed by atoms with Crippen molar-refractivity contribution >= 4 is 17.9 Å². The van der Waals surface area contributed by atoms with E-state index in [9.17, 15) is 9.59 Å². The lowest BCUT2D eigenvalue weighted by Gasteiger charge is -2.36. The molecule has 4 rings (SSSR count). The predicted octanol–water partition coefficient (Wildman–Crippen LogP) is 5.57. The van der Waals surface area contributed by atoms with Gasteiger partial charge in [0.25, 0.3) is 0 Å². The Balaban J connectivity index is 1.46. The largest absolute Gasteiger partial charge is 0.444 e. The maximum absolute atomic E-state index is 13.0. The second-order valence-corrected chi connectivity index (χ2v) is 9.64. The third kappa shape index (κ3) is 5.06. The van der Waals surface area contributed by atoms with Gasteiger partial charge in [-0.05, 0) is 56.7 Å². The number of rotatable bonds is 3. The molecule has 0 spiro atoms. The highest BCUT2D eigenvalue weighted by Gasteiger charge is 2.40. The standard InChI is InChI=1S/C26H32N2O4/c1-26(2,3)32-24(29)27-15-9-12-20(16-27)22-17-28(23-14-8-7-13-21(22)23)25(30)31-18-19-10-5-4-6-11-19/h4-8,10-11,13-14,20,22H,9,12,15-18H2,1-3H3/t20-,22-/m1/s1.